The number of hydrogen-bond acceptors (Lipinski definition) is 3. The zero-order valence-electron chi connectivity index (χ0n) is 11.1. The van der Waals surface area contributed by atoms with Crippen molar-refractivity contribution in [1.29, 1.82) is 0 Å². The number of hydrogen-bond donors (Lipinski definition) is 1. The van der Waals surface area contributed by atoms with E-state index in [0.29, 0.717) is 32.4 Å². The average molecular weight is 281 g/mol. The van der Waals surface area contributed by atoms with Crippen LogP contribution in [-0.4, -0.2) is 35.0 Å². The van der Waals surface area contributed by atoms with Crippen LogP contribution in [0.15, 0.2) is 17.5 Å². The monoisotopic (exact) mass is 281 g/mol. The number of carbonyl (C=O) groups excluding carboxylic acids is 1. The van der Waals surface area contributed by atoms with Crippen molar-refractivity contribution in [3.63, 3.8) is 0 Å². The number of aliphatic carboxylic acids is 1. The van der Waals surface area contributed by atoms with Crippen LogP contribution in [0.25, 0.3) is 0 Å². The molecular formula is C14H19NO3S. The maximum Gasteiger partial charge on any atom is 0.311 e. The van der Waals surface area contributed by atoms with Gasteiger partial charge in [-0.25, -0.2) is 0 Å². The fourth-order valence-electron chi connectivity index (χ4n) is 2.63. The standard InChI is InChI=1S/C14H19NO3S/c1-2-14(13(17)18)6-4-7-15(10-14)12(16)9-11-5-3-8-19-11/h3,5,8H,2,4,6-7,9-10H2,1H3,(H,17,18)/t14-/m1/s1. The van der Waals surface area contributed by atoms with Gasteiger partial charge in [0.2, 0.25) is 5.91 Å². The summed E-state index contributed by atoms with van der Waals surface area (Å²) in [5.41, 5.74) is -0.747. The van der Waals surface area contributed by atoms with E-state index in [1.165, 1.54) is 0 Å². The summed E-state index contributed by atoms with van der Waals surface area (Å²) >= 11 is 1.56. The van der Waals surface area contributed by atoms with Crippen LogP contribution in [0.1, 0.15) is 31.1 Å². The molecule has 4 nitrogen and oxygen atoms in total. The van der Waals surface area contributed by atoms with Gasteiger partial charge in [0.25, 0.3) is 0 Å². The van der Waals surface area contributed by atoms with Gasteiger partial charge in [-0.2, -0.15) is 0 Å². The maximum atomic E-state index is 12.2. The van der Waals surface area contributed by atoms with Crippen LogP contribution < -0.4 is 0 Å². The number of likely N-dealkylation sites (tertiary alicyclic amines) is 1. The van der Waals surface area contributed by atoms with Crippen LogP contribution >= 0.6 is 11.3 Å². The number of piperidine rings is 1. The first-order chi connectivity index (χ1) is 9.07. The second kappa shape index (κ2) is 5.74. The molecular weight excluding hydrogens is 262 g/mol. The van der Waals surface area contributed by atoms with Crippen LogP contribution in [0.4, 0.5) is 0 Å². The molecule has 0 radical (unpaired) electrons. The maximum absolute atomic E-state index is 12.2. The number of carboxylic acids is 1. The van der Waals surface area contributed by atoms with Crippen molar-refractivity contribution in [1.82, 2.24) is 4.90 Å². The van der Waals surface area contributed by atoms with Crippen molar-refractivity contribution >= 4 is 23.2 Å². The lowest BCUT2D eigenvalue weighted by Gasteiger charge is -2.39. The molecule has 0 aromatic carbocycles. The number of rotatable bonds is 4. The van der Waals surface area contributed by atoms with E-state index in [1.807, 2.05) is 24.4 Å². The Morgan fingerprint density at radius 3 is 2.89 bits per heavy atom. The average Bonchev–Trinajstić information content (AvgIpc) is 2.91. The molecule has 0 spiro atoms. The Hall–Kier alpha value is -1.36. The van der Waals surface area contributed by atoms with Crippen LogP contribution in [0.2, 0.25) is 0 Å². The summed E-state index contributed by atoms with van der Waals surface area (Å²) in [7, 11) is 0. The number of carboxylic acid groups (broad SMARTS) is 1. The Kier molecular flexibility index (Phi) is 4.24. The van der Waals surface area contributed by atoms with Crippen molar-refractivity contribution in [3.05, 3.63) is 22.4 Å². The summed E-state index contributed by atoms with van der Waals surface area (Å²) in [6.45, 7) is 2.92. The fourth-order valence-corrected chi connectivity index (χ4v) is 3.33. The second-order valence-corrected chi connectivity index (χ2v) is 6.15. The van der Waals surface area contributed by atoms with E-state index in [2.05, 4.69) is 0 Å². The number of nitrogens with zero attached hydrogens (tertiary/aromatic N) is 1. The topological polar surface area (TPSA) is 57.6 Å². The molecule has 1 amide bonds. The van der Waals surface area contributed by atoms with Gasteiger partial charge in [-0.3, -0.25) is 9.59 Å². The molecule has 0 bridgehead atoms. The zero-order valence-corrected chi connectivity index (χ0v) is 11.9. The molecule has 0 aliphatic carbocycles. The summed E-state index contributed by atoms with van der Waals surface area (Å²) in [6.07, 6.45) is 2.40. The molecule has 1 aromatic rings. The van der Waals surface area contributed by atoms with Crippen molar-refractivity contribution in [2.75, 3.05) is 13.1 Å². The highest BCUT2D eigenvalue weighted by Gasteiger charge is 2.41. The first kappa shape index (κ1) is 14.1. The molecule has 1 aliphatic heterocycles. The van der Waals surface area contributed by atoms with Gasteiger partial charge in [-0.05, 0) is 30.7 Å². The van der Waals surface area contributed by atoms with E-state index >= 15 is 0 Å². The van der Waals surface area contributed by atoms with Crippen LogP contribution in [-0.2, 0) is 16.0 Å². The minimum Gasteiger partial charge on any atom is -0.481 e. The van der Waals surface area contributed by atoms with E-state index in [0.717, 1.165) is 11.3 Å². The third-order valence-corrected chi connectivity index (χ3v) is 4.84. The van der Waals surface area contributed by atoms with Gasteiger partial charge in [0.15, 0.2) is 0 Å². The Morgan fingerprint density at radius 2 is 2.32 bits per heavy atom. The summed E-state index contributed by atoms with van der Waals surface area (Å²) in [4.78, 5) is 26.4. The minimum absolute atomic E-state index is 0.0428. The molecule has 2 rings (SSSR count). The first-order valence-electron chi connectivity index (χ1n) is 6.61. The predicted octanol–water partition coefficient (Wildman–Crippen LogP) is 2.39. The summed E-state index contributed by atoms with van der Waals surface area (Å²) in [5, 5.41) is 11.4. The number of amides is 1. The lowest BCUT2D eigenvalue weighted by atomic mass is 9.77. The highest BCUT2D eigenvalue weighted by molar-refractivity contribution is 7.10. The molecule has 104 valence electrons. The summed E-state index contributed by atoms with van der Waals surface area (Å²) in [5.74, 6) is -0.732. The Balaban J connectivity index is 2.04. The Morgan fingerprint density at radius 1 is 1.53 bits per heavy atom. The Labute approximate surface area is 117 Å². The van der Waals surface area contributed by atoms with Gasteiger partial charge in [0.05, 0.1) is 11.8 Å². The first-order valence-corrected chi connectivity index (χ1v) is 7.49. The molecule has 1 aromatic heterocycles. The minimum atomic E-state index is -0.774. The van der Waals surface area contributed by atoms with Gasteiger partial charge in [0, 0.05) is 18.0 Å². The van der Waals surface area contributed by atoms with Gasteiger partial charge in [-0.15, -0.1) is 11.3 Å². The van der Waals surface area contributed by atoms with E-state index in [1.54, 1.807) is 16.2 Å². The second-order valence-electron chi connectivity index (χ2n) is 5.11. The van der Waals surface area contributed by atoms with Crippen LogP contribution in [0.5, 0.6) is 0 Å². The van der Waals surface area contributed by atoms with E-state index in [-0.39, 0.29) is 5.91 Å². The molecule has 1 fully saturated rings. The summed E-state index contributed by atoms with van der Waals surface area (Å²) in [6, 6.07) is 3.87. The zero-order chi connectivity index (χ0) is 13.9. The van der Waals surface area contributed by atoms with Gasteiger partial charge < -0.3 is 10.0 Å². The van der Waals surface area contributed by atoms with Crippen molar-refractivity contribution in [2.24, 2.45) is 5.41 Å². The normalized spacial score (nSPS) is 23.3. The van der Waals surface area contributed by atoms with Crippen molar-refractivity contribution < 1.29 is 14.7 Å². The van der Waals surface area contributed by atoms with Gasteiger partial charge >= 0.3 is 5.97 Å². The van der Waals surface area contributed by atoms with E-state index in [9.17, 15) is 14.7 Å². The van der Waals surface area contributed by atoms with Gasteiger partial charge in [0.1, 0.15) is 0 Å². The molecule has 2 heterocycles. The van der Waals surface area contributed by atoms with Crippen molar-refractivity contribution in [2.45, 2.75) is 32.6 Å². The largest absolute Gasteiger partial charge is 0.481 e. The molecule has 1 saturated heterocycles. The smallest absolute Gasteiger partial charge is 0.311 e. The molecule has 19 heavy (non-hydrogen) atoms. The molecule has 1 atom stereocenters. The molecule has 1 aliphatic rings. The molecule has 1 N–H and O–H groups in total. The quantitative estimate of drug-likeness (QED) is 0.922. The third kappa shape index (κ3) is 2.97. The van der Waals surface area contributed by atoms with E-state index in [4.69, 9.17) is 0 Å². The third-order valence-electron chi connectivity index (χ3n) is 3.97. The fraction of sp³-hybridized carbons (Fsp3) is 0.571. The lowest BCUT2D eigenvalue weighted by Crippen LogP contribution is -2.50. The molecule has 5 heteroatoms. The number of thiophene rings is 1. The highest BCUT2D eigenvalue weighted by Crippen LogP contribution is 2.34. The van der Waals surface area contributed by atoms with Crippen LogP contribution in [0.3, 0.4) is 0 Å². The summed E-state index contributed by atoms with van der Waals surface area (Å²) < 4.78 is 0. The number of carbonyl (C=O) groups is 2. The van der Waals surface area contributed by atoms with Crippen molar-refractivity contribution in [3.8, 4) is 0 Å². The molecule has 0 saturated carbocycles. The van der Waals surface area contributed by atoms with Gasteiger partial charge in [-0.1, -0.05) is 13.0 Å². The highest BCUT2D eigenvalue weighted by atomic mass is 32.1. The predicted molar refractivity (Wildman–Crippen MR) is 74.2 cm³/mol. The van der Waals surface area contributed by atoms with Crippen LogP contribution in [0, 0.1) is 5.41 Å². The Bertz CT molecular complexity index is 457. The molecule has 0 unspecified atom stereocenters. The lowest BCUT2D eigenvalue weighted by molar-refractivity contribution is -0.155. The van der Waals surface area contributed by atoms with E-state index < -0.39 is 11.4 Å². The SMILES string of the molecule is CC[C@@]1(C(=O)O)CCCN(C(=O)Cc2cccs2)C1.